The first-order chi connectivity index (χ1) is 16.7. The van der Waals surface area contributed by atoms with Crippen LogP contribution < -0.4 is 14.8 Å². The molecule has 0 spiro atoms. The first-order valence-corrected chi connectivity index (χ1v) is 10.9. The van der Waals surface area contributed by atoms with Gasteiger partial charge in [0.2, 0.25) is 0 Å². The maximum Gasteiger partial charge on any atom is 0.416 e. The molecule has 1 atom stereocenters. The number of rotatable bonds is 6. The van der Waals surface area contributed by atoms with Gasteiger partial charge in [-0.3, -0.25) is 9.59 Å². The molecule has 4 rings (SSSR count). The lowest BCUT2D eigenvalue weighted by Gasteiger charge is -2.22. The minimum absolute atomic E-state index is 0.0165. The molecule has 3 aromatic rings. The SMILES string of the molecule is C[C@@H]1Oc2ccc(NC(=O)COc3ccccc3)cc2CN(Cc2cccc(C(F)(F)F)c2)C1=O. The summed E-state index contributed by atoms with van der Waals surface area (Å²) in [5, 5.41) is 2.75. The van der Waals surface area contributed by atoms with Crippen LogP contribution in [0.5, 0.6) is 11.5 Å². The summed E-state index contributed by atoms with van der Waals surface area (Å²) in [7, 11) is 0. The van der Waals surface area contributed by atoms with Crippen molar-refractivity contribution in [2.75, 3.05) is 11.9 Å². The molecule has 1 aliphatic heterocycles. The van der Waals surface area contributed by atoms with E-state index in [9.17, 15) is 22.8 Å². The lowest BCUT2D eigenvalue weighted by molar-refractivity contribution is -0.138. The highest BCUT2D eigenvalue weighted by Crippen LogP contribution is 2.32. The number of anilines is 1. The molecular formula is C26H23F3N2O4. The molecule has 1 heterocycles. The van der Waals surface area contributed by atoms with Gasteiger partial charge in [0.1, 0.15) is 11.5 Å². The number of nitrogens with one attached hydrogen (secondary N) is 1. The summed E-state index contributed by atoms with van der Waals surface area (Å²) < 4.78 is 50.5. The molecule has 3 aromatic carbocycles. The molecule has 1 N–H and O–H groups in total. The van der Waals surface area contributed by atoms with Crippen molar-refractivity contribution >= 4 is 17.5 Å². The van der Waals surface area contributed by atoms with Crippen LogP contribution in [0.4, 0.5) is 18.9 Å². The zero-order chi connectivity index (χ0) is 25.0. The quantitative estimate of drug-likeness (QED) is 0.533. The van der Waals surface area contributed by atoms with Gasteiger partial charge in [0.05, 0.1) is 5.56 Å². The van der Waals surface area contributed by atoms with E-state index < -0.39 is 17.8 Å². The molecular weight excluding hydrogens is 461 g/mol. The molecule has 0 aromatic heterocycles. The van der Waals surface area contributed by atoms with E-state index in [1.165, 1.54) is 11.0 Å². The molecule has 0 saturated carbocycles. The Labute approximate surface area is 200 Å². The van der Waals surface area contributed by atoms with Crippen LogP contribution >= 0.6 is 0 Å². The number of carbonyl (C=O) groups is 2. The van der Waals surface area contributed by atoms with Crippen molar-refractivity contribution in [1.29, 1.82) is 0 Å². The predicted molar refractivity (Wildman–Crippen MR) is 123 cm³/mol. The molecule has 0 fully saturated rings. The average molecular weight is 484 g/mol. The Bertz CT molecular complexity index is 1210. The van der Waals surface area contributed by atoms with E-state index in [1.807, 2.05) is 6.07 Å². The fourth-order valence-electron chi connectivity index (χ4n) is 3.74. The summed E-state index contributed by atoms with van der Waals surface area (Å²) in [6.07, 6.45) is -5.29. The number of amides is 2. The van der Waals surface area contributed by atoms with Crippen LogP contribution in [0, 0.1) is 0 Å². The smallest absolute Gasteiger partial charge is 0.416 e. The third-order valence-electron chi connectivity index (χ3n) is 5.41. The Balaban J connectivity index is 1.48. The number of ether oxygens (including phenoxy) is 2. The fraction of sp³-hybridized carbons (Fsp3) is 0.231. The Morgan fingerprint density at radius 3 is 2.60 bits per heavy atom. The summed E-state index contributed by atoms with van der Waals surface area (Å²) in [6.45, 7) is 1.50. The van der Waals surface area contributed by atoms with Gasteiger partial charge in [-0.1, -0.05) is 30.3 Å². The molecule has 0 bridgehead atoms. The highest BCUT2D eigenvalue weighted by molar-refractivity contribution is 5.92. The Morgan fingerprint density at radius 1 is 1.09 bits per heavy atom. The van der Waals surface area contributed by atoms with E-state index in [2.05, 4.69) is 5.32 Å². The van der Waals surface area contributed by atoms with Crippen molar-refractivity contribution in [3.63, 3.8) is 0 Å². The van der Waals surface area contributed by atoms with E-state index in [0.717, 1.165) is 12.1 Å². The van der Waals surface area contributed by atoms with Gasteiger partial charge < -0.3 is 19.7 Å². The van der Waals surface area contributed by atoms with Crippen molar-refractivity contribution in [3.8, 4) is 11.5 Å². The first kappa shape index (κ1) is 24.1. The Morgan fingerprint density at radius 2 is 1.86 bits per heavy atom. The summed E-state index contributed by atoms with van der Waals surface area (Å²) in [6, 6.07) is 18.8. The lowest BCUT2D eigenvalue weighted by atomic mass is 10.1. The lowest BCUT2D eigenvalue weighted by Crippen LogP contribution is -2.37. The zero-order valence-electron chi connectivity index (χ0n) is 18.8. The summed E-state index contributed by atoms with van der Waals surface area (Å²) in [5.41, 5.74) is 0.683. The van der Waals surface area contributed by atoms with E-state index in [4.69, 9.17) is 9.47 Å². The molecule has 0 unspecified atom stereocenters. The number of carbonyl (C=O) groups excluding carboxylic acids is 2. The van der Waals surface area contributed by atoms with E-state index >= 15 is 0 Å². The largest absolute Gasteiger partial charge is 0.484 e. The molecule has 9 heteroatoms. The first-order valence-electron chi connectivity index (χ1n) is 10.9. The third kappa shape index (κ3) is 6.11. The van der Waals surface area contributed by atoms with Gasteiger partial charge in [-0.15, -0.1) is 0 Å². The molecule has 0 aliphatic carbocycles. The van der Waals surface area contributed by atoms with E-state index in [0.29, 0.717) is 28.3 Å². The second-order valence-electron chi connectivity index (χ2n) is 8.12. The van der Waals surface area contributed by atoms with Gasteiger partial charge in [-0.05, 0) is 55.0 Å². The van der Waals surface area contributed by atoms with Crippen LogP contribution in [-0.4, -0.2) is 29.4 Å². The minimum atomic E-state index is -4.47. The zero-order valence-corrected chi connectivity index (χ0v) is 18.8. The molecule has 0 radical (unpaired) electrons. The maximum absolute atomic E-state index is 13.1. The predicted octanol–water partition coefficient (Wildman–Crippen LogP) is 5.03. The number of nitrogens with zero attached hydrogens (tertiary/aromatic N) is 1. The molecule has 182 valence electrons. The van der Waals surface area contributed by atoms with Crippen molar-refractivity contribution < 1.29 is 32.2 Å². The number of halogens is 3. The molecule has 0 saturated heterocycles. The van der Waals surface area contributed by atoms with Gasteiger partial charge >= 0.3 is 6.18 Å². The number of benzene rings is 3. The van der Waals surface area contributed by atoms with Gasteiger partial charge in [-0.25, -0.2) is 0 Å². The second kappa shape index (κ2) is 10.1. The summed E-state index contributed by atoms with van der Waals surface area (Å²) in [4.78, 5) is 26.6. The second-order valence-corrected chi connectivity index (χ2v) is 8.12. The van der Waals surface area contributed by atoms with Crippen molar-refractivity contribution in [1.82, 2.24) is 4.90 Å². The van der Waals surface area contributed by atoms with E-state index in [-0.39, 0.29) is 31.5 Å². The Hall–Kier alpha value is -4.01. The average Bonchev–Trinajstić information content (AvgIpc) is 2.94. The van der Waals surface area contributed by atoms with Crippen molar-refractivity contribution in [3.05, 3.63) is 89.5 Å². The van der Waals surface area contributed by atoms with Crippen LogP contribution in [0.1, 0.15) is 23.6 Å². The molecule has 6 nitrogen and oxygen atoms in total. The maximum atomic E-state index is 13.1. The number of hydrogen-bond acceptors (Lipinski definition) is 4. The van der Waals surface area contributed by atoms with Crippen molar-refractivity contribution in [2.24, 2.45) is 0 Å². The summed E-state index contributed by atoms with van der Waals surface area (Å²) in [5.74, 6) is 0.320. The van der Waals surface area contributed by atoms with Crippen LogP contribution in [0.3, 0.4) is 0 Å². The van der Waals surface area contributed by atoms with Crippen molar-refractivity contribution in [2.45, 2.75) is 32.3 Å². The van der Waals surface area contributed by atoms with Crippen LogP contribution in [0.2, 0.25) is 0 Å². The topological polar surface area (TPSA) is 67.9 Å². The molecule has 1 aliphatic rings. The molecule has 2 amide bonds. The monoisotopic (exact) mass is 484 g/mol. The third-order valence-corrected chi connectivity index (χ3v) is 5.41. The van der Waals surface area contributed by atoms with E-state index in [1.54, 1.807) is 55.5 Å². The standard InChI is InChI=1S/C26H23F3N2O4/c1-17-25(33)31(14-18-6-5-7-20(12-18)26(27,28)29)15-19-13-21(10-11-23(19)35-17)30-24(32)16-34-22-8-3-2-4-9-22/h2-13,17H,14-16H2,1H3,(H,30,32)/t17-/m0/s1. The van der Waals surface area contributed by atoms with Crippen LogP contribution in [0.25, 0.3) is 0 Å². The number of alkyl halides is 3. The molecule has 35 heavy (non-hydrogen) atoms. The summed E-state index contributed by atoms with van der Waals surface area (Å²) >= 11 is 0. The van der Waals surface area contributed by atoms with Gasteiger partial charge in [0.15, 0.2) is 12.7 Å². The van der Waals surface area contributed by atoms with Gasteiger partial charge in [0.25, 0.3) is 11.8 Å². The fourth-order valence-corrected chi connectivity index (χ4v) is 3.74. The normalized spacial score (nSPS) is 15.6. The van der Waals surface area contributed by atoms with Gasteiger partial charge in [-0.2, -0.15) is 13.2 Å². The number of fused-ring (bicyclic) bond motifs is 1. The van der Waals surface area contributed by atoms with Gasteiger partial charge in [0, 0.05) is 24.3 Å². The van der Waals surface area contributed by atoms with Crippen LogP contribution in [-0.2, 0) is 28.9 Å². The minimum Gasteiger partial charge on any atom is -0.484 e. The highest BCUT2D eigenvalue weighted by Gasteiger charge is 2.32. The Kier molecular flexibility index (Phi) is 6.95. The number of hydrogen-bond donors (Lipinski definition) is 1. The highest BCUT2D eigenvalue weighted by atomic mass is 19.4. The van der Waals surface area contributed by atoms with Crippen LogP contribution in [0.15, 0.2) is 72.8 Å². The number of para-hydroxylation sites is 1.